The van der Waals surface area contributed by atoms with Crippen molar-refractivity contribution in [2.45, 2.75) is 32.9 Å². The van der Waals surface area contributed by atoms with E-state index in [0.29, 0.717) is 58.7 Å². The van der Waals surface area contributed by atoms with Crippen molar-refractivity contribution in [3.8, 4) is 0 Å². The molecule has 182 valence electrons. The molecule has 0 spiro atoms. The highest BCUT2D eigenvalue weighted by Gasteiger charge is 2.34. The van der Waals surface area contributed by atoms with Crippen LogP contribution >= 0.6 is 0 Å². The van der Waals surface area contributed by atoms with Crippen molar-refractivity contribution in [3.63, 3.8) is 0 Å². The number of halogens is 3. The summed E-state index contributed by atoms with van der Waals surface area (Å²) in [5.74, 6) is -0.259. The third-order valence-electron chi connectivity index (χ3n) is 5.98. The number of amides is 3. The molecule has 0 atom stereocenters. The lowest BCUT2D eigenvalue weighted by Gasteiger charge is -2.38. The number of hydrogen-bond acceptors (Lipinski definition) is 4. The number of carbonyl (C=O) groups excluding carboxylic acids is 3. The smallest absolute Gasteiger partial charge is 0.416 e. The van der Waals surface area contributed by atoms with Gasteiger partial charge in [-0.2, -0.15) is 13.2 Å². The van der Waals surface area contributed by atoms with Crippen LogP contribution in [0.5, 0.6) is 0 Å². The van der Waals surface area contributed by atoms with Crippen LogP contribution in [0.1, 0.15) is 42.6 Å². The maximum absolute atomic E-state index is 12.9. The van der Waals surface area contributed by atoms with Gasteiger partial charge in [0.05, 0.1) is 12.2 Å². The minimum absolute atomic E-state index is 0.0202. The minimum Gasteiger partial charge on any atom is -0.449 e. The molecule has 10 heteroatoms. The summed E-state index contributed by atoms with van der Waals surface area (Å²) in [5.41, 5.74) is -0.593. The fourth-order valence-electron chi connectivity index (χ4n) is 4.01. The molecule has 0 radical (unpaired) electrons. The van der Waals surface area contributed by atoms with Crippen LogP contribution < -0.4 is 0 Å². The predicted octanol–water partition coefficient (Wildman–Crippen LogP) is 3.49. The number of piperidine rings is 1. The number of nitrogens with zero attached hydrogens (tertiary/aromatic N) is 3. The highest BCUT2D eigenvalue weighted by atomic mass is 19.4. The van der Waals surface area contributed by atoms with Gasteiger partial charge >= 0.3 is 12.3 Å². The molecule has 3 rings (SSSR count). The first-order valence-corrected chi connectivity index (χ1v) is 11.2. The summed E-state index contributed by atoms with van der Waals surface area (Å²) in [7, 11) is 0. The maximum Gasteiger partial charge on any atom is 0.416 e. The van der Waals surface area contributed by atoms with Crippen LogP contribution in [0.25, 0.3) is 0 Å². The van der Waals surface area contributed by atoms with Gasteiger partial charge in [-0.15, -0.1) is 0 Å². The van der Waals surface area contributed by atoms with Crippen LogP contribution in [0.15, 0.2) is 24.3 Å². The molecule has 7 nitrogen and oxygen atoms in total. The number of carbonyl (C=O) groups is 3. The molecule has 0 saturated carbocycles. The zero-order chi connectivity index (χ0) is 24.2. The number of likely N-dealkylation sites (tertiary alicyclic amines) is 1. The molecular weight excluding hydrogens is 439 g/mol. The van der Waals surface area contributed by atoms with Gasteiger partial charge in [0.15, 0.2) is 0 Å². The molecule has 1 aromatic carbocycles. The Balaban J connectivity index is 1.45. The average molecular weight is 470 g/mol. The van der Waals surface area contributed by atoms with E-state index in [-0.39, 0.29) is 35.3 Å². The zero-order valence-corrected chi connectivity index (χ0v) is 18.9. The van der Waals surface area contributed by atoms with E-state index in [4.69, 9.17) is 4.74 Å². The Labute approximate surface area is 191 Å². The lowest BCUT2D eigenvalue weighted by molar-refractivity contribution is -0.138. The second-order valence-corrected chi connectivity index (χ2v) is 8.92. The van der Waals surface area contributed by atoms with Crippen LogP contribution in [0, 0.1) is 11.8 Å². The summed E-state index contributed by atoms with van der Waals surface area (Å²) >= 11 is 0. The van der Waals surface area contributed by atoms with Gasteiger partial charge in [0, 0.05) is 50.7 Å². The van der Waals surface area contributed by atoms with Crippen LogP contribution in [-0.2, 0) is 15.7 Å². The van der Waals surface area contributed by atoms with Gasteiger partial charge in [-0.3, -0.25) is 9.59 Å². The quantitative estimate of drug-likeness (QED) is 0.677. The fourth-order valence-corrected chi connectivity index (χ4v) is 4.01. The molecule has 0 bridgehead atoms. The van der Waals surface area contributed by atoms with Gasteiger partial charge in [0.1, 0.15) is 0 Å². The lowest BCUT2D eigenvalue weighted by Crippen LogP contribution is -2.53. The largest absolute Gasteiger partial charge is 0.449 e. The standard InChI is InChI=1S/C23H30F3N3O4/c1-16(2)15-33-22(32)29-13-11-28(12-14-29)21(31)18-7-9-27(10-8-18)20(30)17-3-5-19(6-4-17)23(24,25)26/h3-6,16,18H,7-15H2,1-2H3. The first-order valence-electron chi connectivity index (χ1n) is 11.2. The predicted molar refractivity (Wildman–Crippen MR) is 114 cm³/mol. The Bertz CT molecular complexity index is 842. The molecule has 2 saturated heterocycles. The molecule has 2 heterocycles. The average Bonchev–Trinajstić information content (AvgIpc) is 2.81. The monoisotopic (exact) mass is 469 g/mol. The number of piperazine rings is 1. The molecule has 2 aliphatic rings. The molecular formula is C23H30F3N3O4. The van der Waals surface area contributed by atoms with E-state index in [1.807, 2.05) is 13.8 Å². The van der Waals surface area contributed by atoms with E-state index >= 15 is 0 Å². The lowest BCUT2D eigenvalue weighted by atomic mass is 9.94. The normalized spacial score (nSPS) is 17.9. The van der Waals surface area contributed by atoms with Crippen molar-refractivity contribution >= 4 is 17.9 Å². The highest BCUT2D eigenvalue weighted by Crippen LogP contribution is 2.29. The molecule has 0 aromatic heterocycles. The first-order chi connectivity index (χ1) is 15.6. The Morgan fingerprint density at radius 3 is 1.97 bits per heavy atom. The van der Waals surface area contributed by atoms with Gasteiger partial charge in [-0.25, -0.2) is 4.79 Å². The Kier molecular flexibility index (Phi) is 7.86. The molecule has 2 aliphatic heterocycles. The maximum atomic E-state index is 12.9. The Morgan fingerprint density at radius 2 is 1.45 bits per heavy atom. The van der Waals surface area contributed by atoms with Crippen LogP contribution in [0.2, 0.25) is 0 Å². The summed E-state index contributed by atoms with van der Waals surface area (Å²) in [4.78, 5) is 42.6. The second kappa shape index (κ2) is 10.4. The summed E-state index contributed by atoms with van der Waals surface area (Å²) < 4.78 is 43.4. The number of ether oxygens (including phenoxy) is 1. The summed E-state index contributed by atoms with van der Waals surface area (Å²) in [6.07, 6.45) is -3.80. The van der Waals surface area contributed by atoms with E-state index in [9.17, 15) is 27.6 Å². The SMILES string of the molecule is CC(C)COC(=O)N1CCN(C(=O)C2CCN(C(=O)c3ccc(C(F)(F)F)cc3)CC2)CC1. The van der Waals surface area contributed by atoms with Gasteiger partial charge < -0.3 is 19.4 Å². The fraction of sp³-hybridized carbons (Fsp3) is 0.609. The van der Waals surface area contributed by atoms with E-state index < -0.39 is 11.7 Å². The summed E-state index contributed by atoms with van der Waals surface area (Å²) in [6.45, 7) is 6.78. The van der Waals surface area contributed by atoms with E-state index in [1.165, 1.54) is 12.1 Å². The minimum atomic E-state index is -4.44. The number of benzene rings is 1. The van der Waals surface area contributed by atoms with Gasteiger partial charge in [-0.1, -0.05) is 13.8 Å². The molecule has 1 aromatic rings. The van der Waals surface area contributed by atoms with Crippen molar-refractivity contribution in [1.29, 1.82) is 0 Å². The summed E-state index contributed by atoms with van der Waals surface area (Å²) in [5, 5.41) is 0. The highest BCUT2D eigenvalue weighted by molar-refractivity contribution is 5.94. The van der Waals surface area contributed by atoms with Gasteiger partial charge in [0.2, 0.25) is 5.91 Å². The van der Waals surface area contributed by atoms with Crippen molar-refractivity contribution in [1.82, 2.24) is 14.7 Å². The third-order valence-corrected chi connectivity index (χ3v) is 5.98. The van der Waals surface area contributed by atoms with Crippen LogP contribution in [0.3, 0.4) is 0 Å². The zero-order valence-electron chi connectivity index (χ0n) is 18.9. The number of alkyl halides is 3. The number of rotatable bonds is 4. The molecule has 33 heavy (non-hydrogen) atoms. The third kappa shape index (κ3) is 6.39. The summed E-state index contributed by atoms with van der Waals surface area (Å²) in [6, 6.07) is 4.19. The Hall–Kier alpha value is -2.78. The molecule has 0 N–H and O–H groups in total. The molecule has 2 fully saturated rings. The van der Waals surface area contributed by atoms with Crippen molar-refractivity contribution in [2.24, 2.45) is 11.8 Å². The first kappa shape index (κ1) is 24.9. The number of hydrogen-bond donors (Lipinski definition) is 0. The second-order valence-electron chi connectivity index (χ2n) is 8.92. The van der Waals surface area contributed by atoms with Gasteiger partial charge in [0.25, 0.3) is 5.91 Å². The van der Waals surface area contributed by atoms with Crippen LogP contribution in [0.4, 0.5) is 18.0 Å². The molecule has 0 unspecified atom stereocenters. The topological polar surface area (TPSA) is 70.2 Å². The molecule has 3 amide bonds. The van der Waals surface area contributed by atoms with Crippen molar-refractivity contribution in [3.05, 3.63) is 35.4 Å². The van der Waals surface area contributed by atoms with Crippen molar-refractivity contribution in [2.75, 3.05) is 45.9 Å². The van der Waals surface area contributed by atoms with Crippen molar-refractivity contribution < 1.29 is 32.3 Å². The van der Waals surface area contributed by atoms with E-state index in [1.54, 1.807) is 14.7 Å². The Morgan fingerprint density at radius 1 is 0.909 bits per heavy atom. The van der Waals surface area contributed by atoms with E-state index in [0.717, 1.165) is 12.1 Å². The molecule has 0 aliphatic carbocycles. The van der Waals surface area contributed by atoms with Crippen LogP contribution in [-0.4, -0.2) is 78.5 Å². The van der Waals surface area contributed by atoms with Gasteiger partial charge in [-0.05, 0) is 43.0 Å². The van der Waals surface area contributed by atoms with E-state index in [2.05, 4.69) is 0 Å².